The van der Waals surface area contributed by atoms with E-state index in [1.807, 2.05) is 0 Å². The Morgan fingerprint density at radius 1 is 1.21 bits per heavy atom. The highest BCUT2D eigenvalue weighted by molar-refractivity contribution is 7.93. The zero-order chi connectivity index (χ0) is 17.5. The molecule has 1 heterocycles. The minimum absolute atomic E-state index is 0.0935. The molecule has 3 aromatic rings. The van der Waals surface area contributed by atoms with E-state index >= 15 is 0 Å². The number of hydrogen-bond donors (Lipinski definition) is 2. The Labute approximate surface area is 143 Å². The van der Waals surface area contributed by atoms with E-state index in [-0.39, 0.29) is 16.1 Å². The number of fused-ring (bicyclic) bond motifs is 1. The topological polar surface area (TPSA) is 96.3 Å². The van der Waals surface area contributed by atoms with Crippen LogP contribution in [-0.4, -0.2) is 26.4 Å². The van der Waals surface area contributed by atoms with Crippen molar-refractivity contribution in [2.75, 3.05) is 11.4 Å². The fourth-order valence-corrected chi connectivity index (χ4v) is 4.07. The van der Waals surface area contributed by atoms with Gasteiger partial charge in [-0.1, -0.05) is 23.7 Å². The number of rotatable bonds is 4. The Hall–Kier alpha value is -2.51. The number of nitrogens with zero attached hydrogens (tertiary/aromatic N) is 1. The summed E-state index contributed by atoms with van der Waals surface area (Å²) in [4.78, 5) is 14.6. The summed E-state index contributed by atoms with van der Waals surface area (Å²) < 4.78 is 27.0. The molecule has 0 fully saturated rings. The van der Waals surface area contributed by atoms with Crippen molar-refractivity contribution >= 4 is 44.1 Å². The van der Waals surface area contributed by atoms with Gasteiger partial charge < -0.3 is 10.7 Å². The van der Waals surface area contributed by atoms with Gasteiger partial charge in [0.05, 0.1) is 11.3 Å². The SMILES string of the molecule is CN(c1ccccc1C(N)=O)S(=O)(=O)c1c[nH]c2cc(Cl)ccc12. The van der Waals surface area contributed by atoms with Crippen LogP contribution in [0.5, 0.6) is 0 Å². The molecule has 1 amide bonds. The molecule has 0 aliphatic carbocycles. The van der Waals surface area contributed by atoms with Crippen LogP contribution in [0.2, 0.25) is 5.02 Å². The summed E-state index contributed by atoms with van der Waals surface area (Å²) in [6.45, 7) is 0. The van der Waals surface area contributed by atoms with Crippen LogP contribution in [-0.2, 0) is 10.0 Å². The number of aromatic nitrogens is 1. The quantitative estimate of drug-likeness (QED) is 0.745. The van der Waals surface area contributed by atoms with Crippen LogP contribution in [0.25, 0.3) is 10.9 Å². The average Bonchev–Trinajstić information content (AvgIpc) is 2.97. The van der Waals surface area contributed by atoms with Crippen molar-refractivity contribution in [2.24, 2.45) is 5.73 Å². The lowest BCUT2D eigenvalue weighted by atomic mass is 10.2. The number of para-hydroxylation sites is 1. The third-order valence-corrected chi connectivity index (χ3v) is 5.80. The summed E-state index contributed by atoms with van der Waals surface area (Å²) in [5.74, 6) is -0.696. The average molecular weight is 364 g/mol. The zero-order valence-electron chi connectivity index (χ0n) is 12.7. The molecule has 0 aliphatic rings. The van der Waals surface area contributed by atoms with E-state index in [2.05, 4.69) is 4.98 Å². The monoisotopic (exact) mass is 363 g/mol. The molecule has 2 aromatic carbocycles. The standard InChI is InChI=1S/C16H14ClN3O3S/c1-20(14-5-3-2-4-12(14)16(18)21)24(22,23)15-9-19-13-8-10(17)6-7-11(13)15/h2-9,19H,1H3,(H2,18,21). The van der Waals surface area contributed by atoms with Gasteiger partial charge in [-0.15, -0.1) is 0 Å². The van der Waals surface area contributed by atoms with Gasteiger partial charge in [-0.25, -0.2) is 8.42 Å². The zero-order valence-corrected chi connectivity index (χ0v) is 14.2. The van der Waals surface area contributed by atoms with Crippen molar-refractivity contribution in [1.29, 1.82) is 0 Å². The Balaban J connectivity index is 2.15. The number of nitrogens with one attached hydrogen (secondary N) is 1. The molecule has 124 valence electrons. The normalized spacial score (nSPS) is 11.6. The molecular weight excluding hydrogens is 350 g/mol. The molecule has 0 bridgehead atoms. The Kier molecular flexibility index (Phi) is 3.98. The highest BCUT2D eigenvalue weighted by Crippen LogP contribution is 2.30. The molecule has 0 atom stereocenters. The van der Waals surface area contributed by atoms with Crippen LogP contribution in [0.3, 0.4) is 0 Å². The second-order valence-electron chi connectivity index (χ2n) is 5.20. The van der Waals surface area contributed by atoms with E-state index < -0.39 is 15.9 Å². The first-order chi connectivity index (χ1) is 11.3. The fourth-order valence-electron chi connectivity index (χ4n) is 2.52. The maximum Gasteiger partial charge on any atom is 0.266 e. The number of anilines is 1. The van der Waals surface area contributed by atoms with Gasteiger partial charge in [0.15, 0.2) is 0 Å². The number of nitrogens with two attached hydrogens (primary N) is 1. The number of amides is 1. The first-order valence-corrected chi connectivity index (χ1v) is 8.78. The van der Waals surface area contributed by atoms with Crippen molar-refractivity contribution < 1.29 is 13.2 Å². The van der Waals surface area contributed by atoms with Crippen molar-refractivity contribution in [1.82, 2.24) is 4.98 Å². The highest BCUT2D eigenvalue weighted by Gasteiger charge is 2.27. The molecule has 1 aromatic heterocycles. The van der Waals surface area contributed by atoms with Crippen molar-refractivity contribution in [3.8, 4) is 0 Å². The van der Waals surface area contributed by atoms with Crippen LogP contribution in [0.4, 0.5) is 5.69 Å². The van der Waals surface area contributed by atoms with Gasteiger partial charge in [0, 0.05) is 29.2 Å². The third-order valence-electron chi connectivity index (χ3n) is 3.75. The molecule has 3 N–H and O–H groups in total. The number of halogens is 1. The van der Waals surface area contributed by atoms with E-state index in [1.165, 1.54) is 25.4 Å². The summed E-state index contributed by atoms with van der Waals surface area (Å²) in [6, 6.07) is 11.2. The lowest BCUT2D eigenvalue weighted by molar-refractivity contribution is 0.100. The summed E-state index contributed by atoms with van der Waals surface area (Å²) in [5.41, 5.74) is 6.30. The summed E-state index contributed by atoms with van der Waals surface area (Å²) >= 11 is 5.93. The predicted octanol–water partition coefficient (Wildman–Crippen LogP) is 2.75. The predicted molar refractivity (Wildman–Crippen MR) is 93.9 cm³/mol. The van der Waals surface area contributed by atoms with Crippen LogP contribution < -0.4 is 10.0 Å². The number of sulfonamides is 1. The number of primary amides is 1. The molecule has 0 saturated heterocycles. The fraction of sp³-hybridized carbons (Fsp3) is 0.0625. The van der Waals surface area contributed by atoms with E-state index in [1.54, 1.807) is 30.3 Å². The Morgan fingerprint density at radius 3 is 2.62 bits per heavy atom. The minimum Gasteiger partial charge on any atom is -0.366 e. The molecule has 8 heteroatoms. The second kappa shape index (κ2) is 5.85. The second-order valence-corrected chi connectivity index (χ2v) is 7.57. The number of carbonyl (C=O) groups excluding carboxylic acids is 1. The van der Waals surface area contributed by atoms with Gasteiger partial charge in [-0.2, -0.15) is 0 Å². The molecule has 0 spiro atoms. The first kappa shape index (κ1) is 16.4. The van der Waals surface area contributed by atoms with Crippen LogP contribution in [0.15, 0.2) is 53.6 Å². The maximum absolute atomic E-state index is 13.0. The lowest BCUT2D eigenvalue weighted by Gasteiger charge is -2.21. The Bertz CT molecular complexity index is 1040. The van der Waals surface area contributed by atoms with Gasteiger partial charge in [0.2, 0.25) is 0 Å². The number of benzene rings is 2. The minimum atomic E-state index is -3.89. The van der Waals surface area contributed by atoms with Crippen LogP contribution in [0.1, 0.15) is 10.4 Å². The number of carbonyl (C=O) groups is 1. The largest absolute Gasteiger partial charge is 0.366 e. The number of H-pyrrole nitrogens is 1. The highest BCUT2D eigenvalue weighted by atomic mass is 35.5. The molecule has 6 nitrogen and oxygen atoms in total. The number of hydrogen-bond acceptors (Lipinski definition) is 3. The molecular formula is C16H14ClN3O3S. The van der Waals surface area contributed by atoms with Gasteiger partial charge in [-0.05, 0) is 30.3 Å². The van der Waals surface area contributed by atoms with Gasteiger partial charge in [0.25, 0.3) is 15.9 Å². The van der Waals surface area contributed by atoms with Crippen molar-refractivity contribution in [3.63, 3.8) is 0 Å². The molecule has 0 unspecified atom stereocenters. The molecule has 24 heavy (non-hydrogen) atoms. The van der Waals surface area contributed by atoms with Crippen LogP contribution in [0, 0.1) is 0 Å². The molecule has 0 saturated carbocycles. The van der Waals surface area contributed by atoms with Gasteiger partial charge in [0.1, 0.15) is 4.90 Å². The number of aromatic amines is 1. The van der Waals surface area contributed by atoms with Crippen LogP contribution >= 0.6 is 11.6 Å². The molecule has 0 radical (unpaired) electrons. The van der Waals surface area contributed by atoms with Gasteiger partial charge >= 0.3 is 0 Å². The maximum atomic E-state index is 13.0. The summed E-state index contributed by atoms with van der Waals surface area (Å²) in [6.07, 6.45) is 1.40. The van der Waals surface area contributed by atoms with E-state index in [4.69, 9.17) is 17.3 Å². The third kappa shape index (κ3) is 2.61. The van der Waals surface area contributed by atoms with E-state index in [9.17, 15) is 13.2 Å². The van der Waals surface area contributed by atoms with E-state index in [0.29, 0.717) is 15.9 Å². The smallest absolute Gasteiger partial charge is 0.266 e. The molecule has 0 aliphatic heterocycles. The summed E-state index contributed by atoms with van der Waals surface area (Å²) in [5, 5.41) is 1.02. The molecule has 3 rings (SSSR count). The van der Waals surface area contributed by atoms with Crippen molar-refractivity contribution in [3.05, 3.63) is 59.2 Å². The Morgan fingerprint density at radius 2 is 1.92 bits per heavy atom. The van der Waals surface area contributed by atoms with E-state index in [0.717, 1.165) is 4.31 Å². The van der Waals surface area contributed by atoms with Crippen molar-refractivity contribution in [2.45, 2.75) is 4.90 Å². The first-order valence-electron chi connectivity index (χ1n) is 6.97. The lowest BCUT2D eigenvalue weighted by Crippen LogP contribution is -2.29. The summed E-state index contributed by atoms with van der Waals surface area (Å²) in [7, 11) is -2.51. The van der Waals surface area contributed by atoms with Gasteiger partial charge in [-0.3, -0.25) is 9.10 Å².